The minimum Gasteiger partial charge on any atom is -0.379 e. The van der Waals surface area contributed by atoms with Gasteiger partial charge in [0.2, 0.25) is 0 Å². The van der Waals surface area contributed by atoms with Gasteiger partial charge in [0, 0.05) is 31.5 Å². The number of nitrogens with zero attached hydrogens (tertiary/aromatic N) is 3. The minimum absolute atomic E-state index is 0.170. The largest absolute Gasteiger partial charge is 0.379 e. The summed E-state index contributed by atoms with van der Waals surface area (Å²) in [5, 5.41) is 0. The number of imidazole rings is 1. The number of hydrogen-bond donors (Lipinski definition) is 1. The summed E-state index contributed by atoms with van der Waals surface area (Å²) in [4.78, 5) is 7.46. The van der Waals surface area contributed by atoms with Crippen LogP contribution in [0.4, 0.5) is 0 Å². The zero-order valence-corrected chi connectivity index (χ0v) is 12.4. The predicted molar refractivity (Wildman–Crippen MR) is 73.3 cm³/mol. The number of hydrogen-bond acceptors (Lipinski definition) is 4. The van der Waals surface area contributed by atoms with E-state index in [1.165, 1.54) is 4.31 Å². The van der Waals surface area contributed by atoms with Gasteiger partial charge < -0.3 is 9.72 Å². The van der Waals surface area contributed by atoms with E-state index in [9.17, 15) is 8.42 Å². The van der Waals surface area contributed by atoms with Crippen molar-refractivity contribution in [3.63, 3.8) is 0 Å². The lowest BCUT2D eigenvalue weighted by atomic mass is 10.2. The van der Waals surface area contributed by atoms with Crippen LogP contribution in [0.5, 0.6) is 0 Å². The van der Waals surface area contributed by atoms with Crippen LogP contribution in [0.25, 0.3) is 0 Å². The Morgan fingerprint density at radius 1 is 1.35 bits per heavy atom. The summed E-state index contributed by atoms with van der Waals surface area (Å²) < 4.78 is 33.8. The highest BCUT2D eigenvalue weighted by Gasteiger charge is 2.40. The summed E-state index contributed by atoms with van der Waals surface area (Å²) in [5.74, 6) is 0.747. The molecule has 20 heavy (non-hydrogen) atoms. The van der Waals surface area contributed by atoms with Crippen LogP contribution >= 0.6 is 0 Å². The second kappa shape index (κ2) is 5.44. The quantitative estimate of drug-likeness (QED) is 0.878. The number of morpholine rings is 1. The highest BCUT2D eigenvalue weighted by molar-refractivity contribution is 7.86. The molecule has 1 N–H and O–H groups in total. The highest BCUT2D eigenvalue weighted by atomic mass is 32.2. The second-order valence-corrected chi connectivity index (χ2v) is 7.12. The third kappa shape index (κ3) is 2.48. The standard InChI is InChI=1S/C12H20N4O3S/c1-10-9-13-12(14-10)11-3-2-4-16(11)20(17,18)15-5-7-19-8-6-15/h9,11H,2-8H2,1H3,(H,13,14). The number of H-pyrrole nitrogens is 1. The van der Waals surface area contributed by atoms with Crippen LogP contribution in [0.15, 0.2) is 6.20 Å². The predicted octanol–water partition coefficient (Wildman–Crippen LogP) is 0.432. The van der Waals surface area contributed by atoms with Crippen LogP contribution in [0.2, 0.25) is 0 Å². The molecule has 0 radical (unpaired) electrons. The number of ether oxygens (including phenoxy) is 1. The highest BCUT2D eigenvalue weighted by Crippen LogP contribution is 2.33. The molecule has 0 bridgehead atoms. The van der Waals surface area contributed by atoms with Crippen LogP contribution in [0, 0.1) is 6.92 Å². The Balaban J connectivity index is 1.84. The van der Waals surface area contributed by atoms with Crippen molar-refractivity contribution in [3.8, 4) is 0 Å². The summed E-state index contributed by atoms with van der Waals surface area (Å²) in [7, 11) is -3.42. The van der Waals surface area contributed by atoms with Crippen molar-refractivity contribution < 1.29 is 13.2 Å². The lowest BCUT2D eigenvalue weighted by Gasteiger charge is -2.32. The summed E-state index contributed by atoms with van der Waals surface area (Å²) in [5.41, 5.74) is 0.954. The SMILES string of the molecule is Cc1cnc(C2CCCN2S(=O)(=O)N2CCOCC2)[nH]1. The van der Waals surface area contributed by atoms with Gasteiger partial charge in [-0.25, -0.2) is 4.98 Å². The molecule has 2 aliphatic heterocycles. The monoisotopic (exact) mass is 300 g/mol. The molecule has 7 nitrogen and oxygen atoms in total. The molecule has 0 aliphatic carbocycles. The Hall–Kier alpha value is -0.960. The first-order valence-electron chi connectivity index (χ1n) is 6.95. The molecule has 0 saturated carbocycles. The van der Waals surface area contributed by atoms with E-state index in [2.05, 4.69) is 9.97 Å². The average molecular weight is 300 g/mol. The Kier molecular flexibility index (Phi) is 3.80. The average Bonchev–Trinajstić information content (AvgIpc) is 3.08. The van der Waals surface area contributed by atoms with E-state index in [4.69, 9.17) is 4.74 Å². The molecule has 2 saturated heterocycles. The number of rotatable bonds is 3. The van der Waals surface area contributed by atoms with Gasteiger partial charge in [0.1, 0.15) is 5.82 Å². The smallest absolute Gasteiger partial charge is 0.282 e. The molecule has 1 aromatic heterocycles. The fourth-order valence-electron chi connectivity index (χ4n) is 2.82. The van der Waals surface area contributed by atoms with Crippen molar-refractivity contribution in [2.75, 3.05) is 32.8 Å². The second-order valence-electron chi connectivity index (χ2n) is 5.24. The number of aromatic nitrogens is 2. The molecular formula is C12H20N4O3S. The van der Waals surface area contributed by atoms with Gasteiger partial charge in [-0.05, 0) is 19.8 Å². The maximum Gasteiger partial charge on any atom is 0.282 e. The normalized spacial score (nSPS) is 26.1. The topological polar surface area (TPSA) is 78.5 Å². The van der Waals surface area contributed by atoms with Gasteiger partial charge in [-0.15, -0.1) is 0 Å². The maximum atomic E-state index is 12.7. The van der Waals surface area contributed by atoms with Crippen molar-refractivity contribution in [1.82, 2.24) is 18.6 Å². The molecule has 112 valence electrons. The van der Waals surface area contributed by atoms with Gasteiger partial charge >= 0.3 is 0 Å². The number of nitrogens with one attached hydrogen (secondary N) is 1. The summed E-state index contributed by atoms with van der Waals surface area (Å²) in [6.45, 7) is 4.29. The van der Waals surface area contributed by atoms with E-state index in [1.54, 1.807) is 10.5 Å². The Labute approximate surface area is 119 Å². The van der Waals surface area contributed by atoms with E-state index in [-0.39, 0.29) is 6.04 Å². The van der Waals surface area contributed by atoms with Crippen molar-refractivity contribution in [2.45, 2.75) is 25.8 Å². The van der Waals surface area contributed by atoms with Gasteiger partial charge in [0.25, 0.3) is 10.2 Å². The van der Waals surface area contributed by atoms with Crippen molar-refractivity contribution >= 4 is 10.2 Å². The van der Waals surface area contributed by atoms with Crippen molar-refractivity contribution in [3.05, 3.63) is 17.7 Å². The molecule has 1 atom stereocenters. The molecule has 1 unspecified atom stereocenters. The Bertz CT molecular complexity index is 565. The molecule has 3 heterocycles. The van der Waals surface area contributed by atoms with Crippen LogP contribution < -0.4 is 0 Å². The molecule has 0 amide bonds. The van der Waals surface area contributed by atoms with Crippen molar-refractivity contribution in [1.29, 1.82) is 0 Å². The summed E-state index contributed by atoms with van der Waals surface area (Å²) in [6.07, 6.45) is 3.43. The van der Waals surface area contributed by atoms with Gasteiger partial charge in [0.15, 0.2) is 0 Å². The van der Waals surface area contributed by atoms with Crippen LogP contribution in [-0.2, 0) is 14.9 Å². The molecule has 1 aromatic rings. The van der Waals surface area contributed by atoms with Gasteiger partial charge in [-0.3, -0.25) is 0 Å². The minimum atomic E-state index is -3.42. The molecule has 0 spiro atoms. The van der Waals surface area contributed by atoms with Crippen molar-refractivity contribution in [2.24, 2.45) is 0 Å². The lowest BCUT2D eigenvalue weighted by molar-refractivity contribution is 0.0698. The lowest BCUT2D eigenvalue weighted by Crippen LogP contribution is -2.48. The van der Waals surface area contributed by atoms with Gasteiger partial charge in [-0.2, -0.15) is 17.0 Å². The van der Waals surface area contributed by atoms with E-state index in [0.29, 0.717) is 32.8 Å². The van der Waals surface area contributed by atoms with E-state index < -0.39 is 10.2 Å². The van der Waals surface area contributed by atoms with Gasteiger partial charge in [-0.1, -0.05) is 0 Å². The van der Waals surface area contributed by atoms with Crippen LogP contribution in [0.3, 0.4) is 0 Å². The fourth-order valence-corrected chi connectivity index (χ4v) is 4.61. The van der Waals surface area contributed by atoms with Crippen LogP contribution in [0.1, 0.15) is 30.4 Å². The third-order valence-electron chi connectivity index (χ3n) is 3.83. The molecule has 2 fully saturated rings. The van der Waals surface area contributed by atoms with Crippen LogP contribution in [-0.4, -0.2) is 59.8 Å². The van der Waals surface area contributed by atoms with Gasteiger partial charge in [0.05, 0.1) is 19.3 Å². The summed E-state index contributed by atoms with van der Waals surface area (Å²) >= 11 is 0. The Morgan fingerprint density at radius 2 is 2.10 bits per heavy atom. The molecular weight excluding hydrogens is 280 g/mol. The maximum absolute atomic E-state index is 12.7. The zero-order valence-electron chi connectivity index (χ0n) is 11.6. The number of aryl methyl sites for hydroxylation is 1. The zero-order chi connectivity index (χ0) is 14.2. The van der Waals surface area contributed by atoms with E-state index in [1.807, 2.05) is 6.92 Å². The van der Waals surface area contributed by atoms with E-state index in [0.717, 1.165) is 24.4 Å². The third-order valence-corrected chi connectivity index (χ3v) is 5.88. The summed E-state index contributed by atoms with van der Waals surface area (Å²) in [6, 6.07) is -0.170. The fraction of sp³-hybridized carbons (Fsp3) is 0.750. The Morgan fingerprint density at radius 3 is 2.75 bits per heavy atom. The first kappa shape index (κ1) is 14.0. The number of aromatic amines is 1. The van der Waals surface area contributed by atoms with E-state index >= 15 is 0 Å². The first-order chi connectivity index (χ1) is 9.59. The molecule has 0 aromatic carbocycles. The first-order valence-corrected chi connectivity index (χ1v) is 8.35. The molecule has 2 aliphatic rings. The molecule has 8 heteroatoms. The molecule has 3 rings (SSSR count).